The molecule has 0 atom stereocenters. The number of rotatable bonds is 11. The lowest BCUT2D eigenvalue weighted by Crippen LogP contribution is -2.28. The van der Waals surface area contributed by atoms with E-state index in [2.05, 4.69) is 25.6 Å². The molecule has 1 amide bonds. The lowest BCUT2D eigenvalue weighted by atomic mass is 10.0. The number of amides is 1. The molecule has 0 saturated heterocycles. The second-order valence-corrected chi connectivity index (χ2v) is 11.9. The van der Waals surface area contributed by atoms with E-state index in [0.717, 1.165) is 34.0 Å². The monoisotopic (exact) mass is 775 g/mol. The number of carbonyl (C=O) groups is 4. The van der Waals surface area contributed by atoms with Crippen LogP contribution in [0.25, 0.3) is 11.0 Å². The van der Waals surface area contributed by atoms with E-state index >= 15 is 0 Å². The molecule has 2 heterocycles. The first kappa shape index (κ1) is 44.2. The summed E-state index contributed by atoms with van der Waals surface area (Å²) in [5.74, 6) is -4.04. The van der Waals surface area contributed by atoms with Crippen LogP contribution in [0, 0.1) is 0 Å². The Morgan fingerprint density at radius 2 is 1.37 bits per heavy atom. The van der Waals surface area contributed by atoms with Gasteiger partial charge in [0.15, 0.2) is 0 Å². The first-order valence-corrected chi connectivity index (χ1v) is 15.8. The van der Waals surface area contributed by atoms with Crippen molar-refractivity contribution in [2.24, 2.45) is 0 Å². The number of hydrogen-bond acceptors (Lipinski definition) is 9. The highest BCUT2D eigenvalue weighted by molar-refractivity contribution is 6.01. The van der Waals surface area contributed by atoms with E-state index in [9.17, 15) is 35.9 Å². The molecule has 0 saturated carbocycles. The minimum Gasteiger partial charge on any atom is -0.497 e. The molecule has 6 N–H and O–H groups in total. The number of anilines is 1. The quantitative estimate of drug-likeness (QED) is 0.0739. The Bertz CT molecular complexity index is 1870. The second kappa shape index (κ2) is 18.7. The summed E-state index contributed by atoms with van der Waals surface area (Å²) in [6.45, 7) is 8.01. The Morgan fingerprint density at radius 3 is 1.85 bits per heavy atom. The normalized spacial score (nSPS) is 11.3. The number of nitrogens with zero attached hydrogens (tertiary/aromatic N) is 1. The number of carboxylic acids is 2. The number of imidazole rings is 1. The van der Waals surface area contributed by atoms with Crippen LogP contribution in [0.1, 0.15) is 65.6 Å². The number of aromatic amines is 2. The zero-order chi connectivity index (χ0) is 41.0. The molecule has 296 valence electrons. The van der Waals surface area contributed by atoms with E-state index in [1.807, 2.05) is 70.2 Å². The average molecular weight is 776 g/mol. The molecular weight excluding hydrogens is 736 g/mol. The molecular formula is C34H39F6N5O9. The summed E-state index contributed by atoms with van der Waals surface area (Å²) in [7, 11) is 3.23. The van der Waals surface area contributed by atoms with E-state index in [-0.39, 0.29) is 5.91 Å². The maximum absolute atomic E-state index is 13.5. The number of halogens is 6. The fourth-order valence-electron chi connectivity index (χ4n) is 4.43. The van der Waals surface area contributed by atoms with Gasteiger partial charge < -0.3 is 45.0 Å². The number of ether oxygens (including phenoxy) is 3. The first-order chi connectivity index (χ1) is 25.0. The molecule has 0 fully saturated rings. The maximum atomic E-state index is 13.5. The SMILES string of the molecule is CCc1c(C(=O)OC(C)(C)C)[nH]c(CNc2ccc(OC)cc2)c1C(=O)NCCc1nc2ccc(OC)cc2[nH]1.O=C(O)C(F)(F)F.O=C(O)C(F)(F)F. The molecule has 0 unspecified atom stereocenters. The summed E-state index contributed by atoms with van der Waals surface area (Å²) in [6, 6.07) is 13.1. The molecule has 4 aromatic rings. The summed E-state index contributed by atoms with van der Waals surface area (Å²) < 4.78 is 79.6. The van der Waals surface area contributed by atoms with Crippen LogP contribution in [0.5, 0.6) is 11.5 Å². The van der Waals surface area contributed by atoms with E-state index in [0.29, 0.717) is 48.4 Å². The molecule has 0 spiro atoms. The maximum Gasteiger partial charge on any atom is 0.490 e. The van der Waals surface area contributed by atoms with Gasteiger partial charge in [-0.05, 0) is 69.2 Å². The number of carboxylic acid groups (broad SMARTS) is 2. The van der Waals surface area contributed by atoms with Crippen molar-refractivity contribution in [1.82, 2.24) is 20.3 Å². The first-order valence-electron chi connectivity index (χ1n) is 15.8. The number of aliphatic carboxylic acids is 2. The summed E-state index contributed by atoms with van der Waals surface area (Å²) in [5, 5.41) is 20.6. The zero-order valence-corrected chi connectivity index (χ0v) is 29.8. The van der Waals surface area contributed by atoms with Crippen molar-refractivity contribution in [1.29, 1.82) is 0 Å². The Labute approximate surface area is 304 Å². The lowest BCUT2D eigenvalue weighted by Gasteiger charge is -2.19. The van der Waals surface area contributed by atoms with Crippen LogP contribution in [0.4, 0.5) is 32.0 Å². The third-order valence-electron chi connectivity index (χ3n) is 6.79. The smallest absolute Gasteiger partial charge is 0.490 e. The molecule has 0 aliphatic carbocycles. The number of carbonyl (C=O) groups excluding carboxylic acids is 2. The number of H-pyrrole nitrogens is 2. The van der Waals surface area contributed by atoms with Gasteiger partial charge in [-0.1, -0.05) is 6.92 Å². The molecule has 20 heteroatoms. The van der Waals surface area contributed by atoms with E-state index < -0.39 is 35.9 Å². The topological polar surface area (TPSA) is 205 Å². The molecule has 2 aromatic carbocycles. The Hall–Kier alpha value is -5.95. The number of aromatic nitrogens is 3. The number of hydrogen-bond donors (Lipinski definition) is 6. The van der Waals surface area contributed by atoms with E-state index in [1.165, 1.54) is 0 Å². The summed E-state index contributed by atoms with van der Waals surface area (Å²) in [6.07, 6.45) is -9.19. The van der Waals surface area contributed by atoms with Gasteiger partial charge in [0.1, 0.15) is 28.6 Å². The third-order valence-corrected chi connectivity index (χ3v) is 6.79. The summed E-state index contributed by atoms with van der Waals surface area (Å²) >= 11 is 0. The van der Waals surface area contributed by atoms with Gasteiger partial charge in [0.2, 0.25) is 0 Å². The number of benzene rings is 2. The van der Waals surface area contributed by atoms with Crippen LogP contribution in [0.3, 0.4) is 0 Å². The standard InChI is InChI=1S/C30H37N5O5.2C2HF3O2/c1-7-21-26(28(36)31-15-14-25-33-22-13-12-20(39-6)16-23(22)34-25)24(35-27(21)29(37)40-30(2,3)4)17-32-18-8-10-19(38-5)11-9-18;2*3-2(4,5)1(6)7/h8-13,16,32,35H,7,14-15,17H2,1-6H3,(H,31,36)(H,33,34);2*(H,6,7). The number of fused-ring (bicyclic) bond motifs is 1. The second-order valence-electron chi connectivity index (χ2n) is 11.9. The molecule has 2 aromatic heterocycles. The predicted octanol–water partition coefficient (Wildman–Crippen LogP) is 6.28. The van der Waals surface area contributed by atoms with Crippen LogP contribution in [0.2, 0.25) is 0 Å². The van der Waals surface area contributed by atoms with Gasteiger partial charge in [0, 0.05) is 30.4 Å². The molecule has 0 bridgehead atoms. The van der Waals surface area contributed by atoms with Crippen molar-refractivity contribution in [3.63, 3.8) is 0 Å². The molecule has 14 nitrogen and oxygen atoms in total. The van der Waals surface area contributed by atoms with E-state index in [4.69, 9.17) is 34.0 Å². The Morgan fingerprint density at radius 1 is 0.833 bits per heavy atom. The van der Waals surface area contributed by atoms with Gasteiger partial charge in [0.05, 0.1) is 37.4 Å². The van der Waals surface area contributed by atoms with Gasteiger partial charge in [-0.15, -0.1) is 0 Å². The fraction of sp³-hybridized carbons (Fsp3) is 0.382. The fourth-order valence-corrected chi connectivity index (χ4v) is 4.43. The van der Waals surface area contributed by atoms with Crippen LogP contribution in [-0.2, 0) is 33.7 Å². The Balaban J connectivity index is 0.000000610. The lowest BCUT2D eigenvalue weighted by molar-refractivity contribution is -0.193. The van der Waals surface area contributed by atoms with Crippen molar-refractivity contribution in [2.45, 2.75) is 65.0 Å². The summed E-state index contributed by atoms with van der Waals surface area (Å²) in [5.41, 5.74) is 3.83. The number of nitrogens with one attached hydrogen (secondary N) is 4. The van der Waals surface area contributed by atoms with Crippen LogP contribution < -0.4 is 20.1 Å². The molecule has 0 radical (unpaired) electrons. The molecule has 0 aliphatic rings. The summed E-state index contributed by atoms with van der Waals surface area (Å²) in [4.78, 5) is 55.4. The van der Waals surface area contributed by atoms with Crippen LogP contribution >= 0.6 is 0 Å². The van der Waals surface area contributed by atoms with Crippen LogP contribution in [0.15, 0.2) is 42.5 Å². The molecule has 54 heavy (non-hydrogen) atoms. The zero-order valence-electron chi connectivity index (χ0n) is 29.8. The third kappa shape index (κ3) is 13.6. The highest BCUT2D eigenvalue weighted by Crippen LogP contribution is 2.25. The molecule has 4 rings (SSSR count). The predicted molar refractivity (Wildman–Crippen MR) is 182 cm³/mol. The van der Waals surface area contributed by atoms with Crippen molar-refractivity contribution in [3.8, 4) is 11.5 Å². The van der Waals surface area contributed by atoms with Crippen molar-refractivity contribution in [2.75, 3.05) is 26.1 Å². The van der Waals surface area contributed by atoms with Crippen molar-refractivity contribution < 1.29 is 69.9 Å². The minimum absolute atomic E-state index is 0.271. The van der Waals surface area contributed by atoms with Crippen molar-refractivity contribution >= 4 is 40.5 Å². The van der Waals surface area contributed by atoms with Gasteiger partial charge in [0.25, 0.3) is 5.91 Å². The minimum atomic E-state index is -5.08. The van der Waals surface area contributed by atoms with Gasteiger partial charge in [-0.2, -0.15) is 26.3 Å². The van der Waals surface area contributed by atoms with Gasteiger partial charge in [-0.3, -0.25) is 4.79 Å². The largest absolute Gasteiger partial charge is 0.497 e. The number of esters is 1. The number of methoxy groups -OCH3 is 2. The van der Waals surface area contributed by atoms with Gasteiger partial charge in [-0.25, -0.2) is 19.4 Å². The van der Waals surface area contributed by atoms with Gasteiger partial charge >= 0.3 is 30.3 Å². The Kier molecular flexibility index (Phi) is 15.3. The molecule has 0 aliphatic heterocycles. The highest BCUT2D eigenvalue weighted by atomic mass is 19.4. The van der Waals surface area contributed by atoms with Crippen molar-refractivity contribution in [3.05, 3.63) is 70.8 Å². The van der Waals surface area contributed by atoms with Crippen LogP contribution in [-0.4, -0.2) is 87.7 Å². The average Bonchev–Trinajstić information content (AvgIpc) is 3.67. The number of alkyl halides is 6. The van der Waals surface area contributed by atoms with E-state index in [1.54, 1.807) is 14.2 Å². The highest BCUT2D eigenvalue weighted by Gasteiger charge is 2.39.